The molecule has 126 valence electrons. The average Bonchev–Trinajstić information content (AvgIpc) is 3.39. The van der Waals surface area contributed by atoms with Gasteiger partial charge >= 0.3 is 0 Å². The lowest BCUT2D eigenvalue weighted by atomic mass is 9.95. The molecule has 0 aliphatic heterocycles. The normalized spacial score (nSPS) is 15.8. The van der Waals surface area contributed by atoms with Gasteiger partial charge in [0.1, 0.15) is 0 Å². The molecule has 0 unspecified atom stereocenters. The smallest absolute Gasteiger partial charge is 0.240 e. The van der Waals surface area contributed by atoms with Crippen LogP contribution >= 0.6 is 0 Å². The van der Waals surface area contributed by atoms with Crippen LogP contribution in [0.3, 0.4) is 0 Å². The second-order valence-corrected chi connectivity index (χ2v) is 7.95. The van der Waals surface area contributed by atoms with Crippen LogP contribution in [0.15, 0.2) is 53.4 Å². The Morgan fingerprint density at radius 3 is 2.33 bits per heavy atom. The first-order valence-electron chi connectivity index (χ1n) is 7.80. The minimum Gasteiger partial charge on any atom is -0.325 e. The first-order chi connectivity index (χ1) is 11.4. The molecular formula is C18H20N2O3S. The van der Waals surface area contributed by atoms with E-state index in [-0.39, 0.29) is 10.8 Å². The highest BCUT2D eigenvalue weighted by Gasteiger charge is 2.51. The van der Waals surface area contributed by atoms with Crippen molar-refractivity contribution in [3.8, 4) is 0 Å². The summed E-state index contributed by atoms with van der Waals surface area (Å²) < 4.78 is 26.4. The molecule has 1 aliphatic carbocycles. The zero-order valence-corrected chi connectivity index (χ0v) is 14.5. The Labute approximate surface area is 142 Å². The van der Waals surface area contributed by atoms with Crippen LogP contribution in [-0.2, 0) is 20.2 Å². The molecule has 6 heteroatoms. The lowest BCUT2D eigenvalue weighted by Crippen LogP contribution is -2.28. The predicted octanol–water partition coefficient (Wildman–Crippen LogP) is 2.57. The van der Waals surface area contributed by atoms with Crippen molar-refractivity contribution in [2.45, 2.75) is 30.1 Å². The van der Waals surface area contributed by atoms with E-state index in [4.69, 9.17) is 0 Å². The molecule has 3 rings (SSSR count). The maximum atomic E-state index is 12.7. The molecule has 0 heterocycles. The van der Waals surface area contributed by atoms with Crippen LogP contribution in [0.1, 0.15) is 24.0 Å². The van der Waals surface area contributed by atoms with Gasteiger partial charge in [0.15, 0.2) is 0 Å². The minimum absolute atomic E-state index is 0.0923. The van der Waals surface area contributed by atoms with Gasteiger partial charge in [0.2, 0.25) is 15.9 Å². The Morgan fingerprint density at radius 2 is 1.75 bits per heavy atom. The van der Waals surface area contributed by atoms with Crippen molar-refractivity contribution in [3.05, 3.63) is 59.7 Å². The summed E-state index contributed by atoms with van der Waals surface area (Å²) in [5.41, 5.74) is 1.62. The number of benzene rings is 2. The standard InChI is InChI=1S/C18H20N2O3S/c1-13-8-9-15(12-16(13)24(22,23)19-2)20-17(21)18(10-11-18)14-6-4-3-5-7-14/h3-9,12,19H,10-11H2,1-2H3,(H,20,21). The van der Waals surface area contributed by atoms with Gasteiger partial charge in [-0.05, 0) is 50.1 Å². The summed E-state index contributed by atoms with van der Waals surface area (Å²) in [6.45, 7) is 1.72. The van der Waals surface area contributed by atoms with E-state index in [1.807, 2.05) is 30.3 Å². The van der Waals surface area contributed by atoms with Crippen LogP contribution in [0.4, 0.5) is 5.69 Å². The summed E-state index contributed by atoms with van der Waals surface area (Å²) in [7, 11) is -2.19. The highest BCUT2D eigenvalue weighted by molar-refractivity contribution is 7.89. The fourth-order valence-electron chi connectivity index (χ4n) is 2.86. The van der Waals surface area contributed by atoms with Crippen molar-refractivity contribution in [3.63, 3.8) is 0 Å². The van der Waals surface area contributed by atoms with E-state index in [2.05, 4.69) is 10.0 Å². The van der Waals surface area contributed by atoms with Gasteiger partial charge in [-0.3, -0.25) is 4.79 Å². The lowest BCUT2D eigenvalue weighted by molar-refractivity contribution is -0.118. The fraction of sp³-hybridized carbons (Fsp3) is 0.278. The van der Waals surface area contributed by atoms with Crippen molar-refractivity contribution in [2.75, 3.05) is 12.4 Å². The van der Waals surface area contributed by atoms with Gasteiger partial charge in [-0.2, -0.15) is 0 Å². The Morgan fingerprint density at radius 1 is 1.08 bits per heavy atom. The second kappa shape index (κ2) is 6.03. The van der Waals surface area contributed by atoms with Crippen molar-refractivity contribution in [1.29, 1.82) is 0 Å². The number of aryl methyl sites for hydroxylation is 1. The van der Waals surface area contributed by atoms with E-state index in [1.54, 1.807) is 19.1 Å². The molecule has 2 aromatic carbocycles. The van der Waals surface area contributed by atoms with E-state index >= 15 is 0 Å². The molecule has 1 fully saturated rings. The highest BCUT2D eigenvalue weighted by Crippen LogP contribution is 2.48. The predicted molar refractivity (Wildman–Crippen MR) is 93.4 cm³/mol. The summed E-state index contributed by atoms with van der Waals surface area (Å²) in [6.07, 6.45) is 1.60. The van der Waals surface area contributed by atoms with Gasteiger partial charge in [-0.15, -0.1) is 0 Å². The number of sulfonamides is 1. The first kappa shape index (κ1) is 16.7. The zero-order valence-electron chi connectivity index (χ0n) is 13.7. The molecule has 24 heavy (non-hydrogen) atoms. The molecule has 0 atom stereocenters. The Balaban J connectivity index is 1.87. The highest BCUT2D eigenvalue weighted by atomic mass is 32.2. The maximum Gasteiger partial charge on any atom is 0.240 e. The number of nitrogens with one attached hydrogen (secondary N) is 2. The number of carbonyl (C=O) groups is 1. The molecule has 0 aromatic heterocycles. The van der Waals surface area contributed by atoms with E-state index < -0.39 is 15.4 Å². The Kier molecular flexibility index (Phi) is 4.19. The van der Waals surface area contributed by atoms with Gasteiger partial charge < -0.3 is 5.32 Å². The van der Waals surface area contributed by atoms with E-state index in [0.29, 0.717) is 11.3 Å². The largest absolute Gasteiger partial charge is 0.325 e. The Hall–Kier alpha value is -2.18. The molecule has 5 nitrogen and oxygen atoms in total. The summed E-state index contributed by atoms with van der Waals surface area (Å²) in [4.78, 5) is 12.9. The number of hydrogen-bond donors (Lipinski definition) is 2. The molecule has 0 spiro atoms. The summed E-state index contributed by atoms with van der Waals surface area (Å²) in [6, 6.07) is 14.6. The third-order valence-electron chi connectivity index (χ3n) is 4.52. The number of hydrogen-bond acceptors (Lipinski definition) is 3. The van der Waals surface area contributed by atoms with Gasteiger partial charge in [0.05, 0.1) is 10.3 Å². The number of amides is 1. The van der Waals surface area contributed by atoms with E-state index in [1.165, 1.54) is 13.1 Å². The monoisotopic (exact) mass is 344 g/mol. The summed E-state index contributed by atoms with van der Waals surface area (Å²) in [5.74, 6) is -0.0923. The fourth-order valence-corrected chi connectivity index (χ4v) is 3.85. The van der Waals surface area contributed by atoms with Crippen molar-refractivity contribution < 1.29 is 13.2 Å². The number of carbonyl (C=O) groups excluding carboxylic acids is 1. The second-order valence-electron chi connectivity index (χ2n) is 6.09. The molecule has 2 N–H and O–H groups in total. The van der Waals surface area contributed by atoms with Crippen LogP contribution in [0.5, 0.6) is 0 Å². The SMILES string of the molecule is CNS(=O)(=O)c1cc(NC(=O)C2(c3ccccc3)CC2)ccc1C. The summed E-state index contributed by atoms with van der Waals surface area (Å²) >= 11 is 0. The van der Waals surface area contributed by atoms with E-state index in [0.717, 1.165) is 18.4 Å². The van der Waals surface area contributed by atoms with Crippen LogP contribution < -0.4 is 10.0 Å². The van der Waals surface area contributed by atoms with Crippen LogP contribution in [0.25, 0.3) is 0 Å². The van der Waals surface area contributed by atoms with Crippen molar-refractivity contribution >= 4 is 21.6 Å². The van der Waals surface area contributed by atoms with Gasteiger partial charge in [-0.25, -0.2) is 13.1 Å². The van der Waals surface area contributed by atoms with Crippen molar-refractivity contribution in [1.82, 2.24) is 4.72 Å². The third-order valence-corrected chi connectivity index (χ3v) is 6.07. The van der Waals surface area contributed by atoms with Gasteiger partial charge in [0.25, 0.3) is 0 Å². The number of rotatable bonds is 5. The molecule has 1 saturated carbocycles. The third kappa shape index (κ3) is 2.95. The molecular weight excluding hydrogens is 324 g/mol. The lowest BCUT2D eigenvalue weighted by Gasteiger charge is -2.16. The van der Waals surface area contributed by atoms with Crippen LogP contribution in [0.2, 0.25) is 0 Å². The van der Waals surface area contributed by atoms with E-state index in [9.17, 15) is 13.2 Å². The average molecular weight is 344 g/mol. The van der Waals surface area contributed by atoms with Crippen LogP contribution in [-0.4, -0.2) is 21.4 Å². The molecule has 0 bridgehead atoms. The quantitative estimate of drug-likeness (QED) is 0.875. The minimum atomic E-state index is -3.56. The Bertz CT molecular complexity index is 872. The van der Waals surface area contributed by atoms with Gasteiger partial charge in [-0.1, -0.05) is 36.4 Å². The molecule has 0 radical (unpaired) electrons. The van der Waals surface area contributed by atoms with Crippen LogP contribution in [0, 0.1) is 6.92 Å². The zero-order chi connectivity index (χ0) is 17.4. The maximum absolute atomic E-state index is 12.7. The van der Waals surface area contributed by atoms with Gasteiger partial charge in [0, 0.05) is 5.69 Å². The topological polar surface area (TPSA) is 75.3 Å². The number of anilines is 1. The van der Waals surface area contributed by atoms with Crippen molar-refractivity contribution in [2.24, 2.45) is 0 Å². The summed E-state index contributed by atoms with van der Waals surface area (Å²) in [5, 5.41) is 2.88. The molecule has 2 aromatic rings. The molecule has 1 aliphatic rings. The molecule has 0 saturated heterocycles. The first-order valence-corrected chi connectivity index (χ1v) is 9.28. The molecule has 1 amide bonds.